The number of hydrogen-bond donors (Lipinski definition) is 1. The molecule has 0 saturated carbocycles. The zero-order valence-corrected chi connectivity index (χ0v) is 16.6. The third kappa shape index (κ3) is 4.88. The molecule has 0 amide bonds. The molecule has 0 aliphatic carbocycles. The van der Waals surface area contributed by atoms with Crippen LogP contribution in [0.1, 0.15) is 51.9 Å². The molecule has 0 atom stereocenters. The summed E-state index contributed by atoms with van der Waals surface area (Å²) in [6.45, 7) is 12.4. The summed E-state index contributed by atoms with van der Waals surface area (Å²) in [6, 6.07) is 4.46. The molecule has 0 bridgehead atoms. The van der Waals surface area contributed by atoms with Crippen molar-refractivity contribution in [3.63, 3.8) is 0 Å². The third-order valence-corrected chi connectivity index (χ3v) is 10.6. The highest BCUT2D eigenvalue weighted by atomic mass is 28.3. The van der Waals surface area contributed by atoms with Gasteiger partial charge >= 0.3 is 5.97 Å². The van der Waals surface area contributed by atoms with Crippen LogP contribution in [-0.2, 0) is 0 Å². The Kier molecular flexibility index (Phi) is 7.14. The maximum atomic E-state index is 15.0. The van der Waals surface area contributed by atoms with Crippen molar-refractivity contribution in [3.05, 3.63) is 29.3 Å². The molecular weight excluding hydrogens is 326 g/mol. The van der Waals surface area contributed by atoms with E-state index in [2.05, 4.69) is 41.5 Å². The van der Waals surface area contributed by atoms with Crippen LogP contribution in [0, 0.1) is 29.4 Å². The van der Waals surface area contributed by atoms with E-state index in [1.165, 1.54) is 0 Å². The van der Waals surface area contributed by atoms with Crippen LogP contribution in [0.3, 0.4) is 0 Å². The Morgan fingerprint density at radius 3 is 1.71 bits per heavy atom. The number of aromatic carboxylic acids is 1. The lowest BCUT2D eigenvalue weighted by Gasteiger charge is -2.37. The smallest absolute Gasteiger partial charge is 0.338 e. The minimum absolute atomic E-state index is 0.0958. The predicted octanol–water partition coefficient (Wildman–Crippen LogP) is 5.29. The molecule has 1 aromatic carbocycles. The Balaban J connectivity index is 3.68. The van der Waals surface area contributed by atoms with E-state index < -0.39 is 31.2 Å². The Labute approximate surface area is 145 Å². The number of carbonyl (C=O) groups is 1. The van der Waals surface area contributed by atoms with E-state index in [-0.39, 0.29) is 5.19 Å². The molecule has 0 heterocycles. The van der Waals surface area contributed by atoms with Gasteiger partial charge in [-0.2, -0.15) is 0 Å². The Morgan fingerprint density at radius 1 is 0.958 bits per heavy atom. The van der Waals surface area contributed by atoms with E-state index in [9.17, 15) is 14.3 Å². The lowest BCUT2D eigenvalue weighted by atomic mass is 10.2. The summed E-state index contributed by atoms with van der Waals surface area (Å²) in [5.74, 6) is -1.85. The van der Waals surface area contributed by atoms with E-state index in [4.69, 9.17) is 0 Å². The topological polar surface area (TPSA) is 37.3 Å². The van der Waals surface area contributed by atoms with Gasteiger partial charge in [0.1, 0.15) is 11.6 Å². The molecule has 5 heteroatoms. The molecule has 24 heavy (non-hydrogen) atoms. The first kappa shape index (κ1) is 20.8. The monoisotopic (exact) mass is 356 g/mol. The second kappa shape index (κ2) is 8.23. The van der Waals surface area contributed by atoms with Crippen LogP contribution >= 0.6 is 0 Å². The van der Waals surface area contributed by atoms with Crippen molar-refractivity contribution in [3.8, 4) is 0 Å². The second-order valence-corrected chi connectivity index (χ2v) is 12.4. The van der Waals surface area contributed by atoms with Crippen molar-refractivity contribution in [2.45, 2.75) is 59.7 Å². The summed E-state index contributed by atoms with van der Waals surface area (Å²) < 4.78 is 29.8. The molecule has 1 rings (SSSR count). The van der Waals surface area contributed by atoms with Gasteiger partial charge in [0, 0.05) is 5.19 Å². The van der Waals surface area contributed by atoms with Crippen LogP contribution < -0.4 is 5.19 Å². The second-order valence-electron chi connectivity index (χ2n) is 8.16. The van der Waals surface area contributed by atoms with E-state index in [1.54, 1.807) is 0 Å². The molecule has 1 N–H and O–H groups in total. The van der Waals surface area contributed by atoms with Crippen LogP contribution in [0.15, 0.2) is 12.1 Å². The molecule has 0 radical (unpaired) electrons. The number of carboxylic acid groups (broad SMARTS) is 1. The minimum atomic E-state index is -2.54. The lowest BCUT2D eigenvalue weighted by Crippen LogP contribution is -2.54. The third-order valence-electron chi connectivity index (χ3n) is 4.25. The van der Waals surface area contributed by atoms with Crippen LogP contribution in [0.5, 0.6) is 0 Å². The zero-order valence-electron chi connectivity index (χ0n) is 15.6. The lowest BCUT2D eigenvalue weighted by molar-refractivity contribution is 0.0692. The van der Waals surface area contributed by atoms with Crippen molar-refractivity contribution >= 4 is 19.2 Å². The average molecular weight is 357 g/mol. The highest BCUT2D eigenvalue weighted by molar-refractivity contribution is 6.92. The number of carboxylic acids is 1. The van der Waals surface area contributed by atoms with Crippen molar-refractivity contribution in [2.75, 3.05) is 0 Å². The van der Waals surface area contributed by atoms with Gasteiger partial charge in [0.05, 0.1) is 13.6 Å². The molecule has 1 aromatic rings. The van der Waals surface area contributed by atoms with E-state index >= 15 is 4.39 Å². The van der Waals surface area contributed by atoms with Crippen molar-refractivity contribution < 1.29 is 18.7 Å². The zero-order chi connectivity index (χ0) is 18.7. The number of rotatable bonds is 8. The largest absolute Gasteiger partial charge is 0.478 e. The minimum Gasteiger partial charge on any atom is -0.478 e. The summed E-state index contributed by atoms with van der Waals surface area (Å²) >= 11 is 0. The SMILES string of the molecule is CC(C)C[Si](CC(C)C)(CC(C)C)c1c(F)ccc(C(=O)O)c1F. The first-order valence-electron chi connectivity index (χ1n) is 8.72. The standard InChI is InChI=1S/C19H30F2O2Si/c1-12(2)9-24(10-13(3)4,11-14(5)6)18-16(20)8-7-15(17(18)21)19(22)23/h7-8,12-14H,9-11H2,1-6H3,(H,22,23). The summed E-state index contributed by atoms with van der Waals surface area (Å²) in [7, 11) is -2.54. The van der Waals surface area contributed by atoms with Crippen LogP contribution in [0.25, 0.3) is 0 Å². The van der Waals surface area contributed by atoms with Gasteiger partial charge in [-0.3, -0.25) is 0 Å². The summed E-state index contributed by atoms with van der Waals surface area (Å²) in [5.41, 5.74) is -0.417. The molecule has 0 aliphatic heterocycles. The maximum Gasteiger partial charge on any atom is 0.338 e. The van der Waals surface area contributed by atoms with E-state index in [1.807, 2.05) is 0 Å². The number of benzene rings is 1. The Hall–Kier alpha value is -1.23. The van der Waals surface area contributed by atoms with Crippen molar-refractivity contribution in [1.82, 2.24) is 0 Å². The van der Waals surface area contributed by atoms with Gasteiger partial charge in [-0.1, -0.05) is 59.7 Å². The van der Waals surface area contributed by atoms with Gasteiger partial charge in [0.15, 0.2) is 0 Å². The molecule has 136 valence electrons. The molecule has 0 unspecified atom stereocenters. The normalized spacial score (nSPS) is 12.5. The number of halogens is 2. The fraction of sp³-hybridized carbons (Fsp3) is 0.632. The van der Waals surface area contributed by atoms with Crippen LogP contribution in [0.4, 0.5) is 8.78 Å². The fourth-order valence-corrected chi connectivity index (χ4v) is 11.1. The highest BCUT2D eigenvalue weighted by Crippen LogP contribution is 2.33. The molecule has 0 fully saturated rings. The van der Waals surface area contributed by atoms with Gasteiger partial charge in [-0.05, 0) is 29.9 Å². The van der Waals surface area contributed by atoms with Gasteiger partial charge in [-0.15, -0.1) is 0 Å². The summed E-state index contributed by atoms with van der Waals surface area (Å²) in [6.07, 6.45) is 0. The fourth-order valence-electron chi connectivity index (χ4n) is 4.10. The first-order chi connectivity index (χ1) is 11.0. The number of hydrogen-bond acceptors (Lipinski definition) is 1. The first-order valence-corrected chi connectivity index (χ1v) is 11.3. The molecule has 2 nitrogen and oxygen atoms in total. The van der Waals surface area contributed by atoms with E-state index in [0.717, 1.165) is 30.3 Å². The van der Waals surface area contributed by atoms with Crippen LogP contribution in [-0.4, -0.2) is 19.1 Å². The molecule has 0 spiro atoms. The van der Waals surface area contributed by atoms with Gasteiger partial charge in [-0.25, -0.2) is 13.6 Å². The Bertz CT molecular complexity index is 556. The molecule has 0 aliphatic rings. The van der Waals surface area contributed by atoms with E-state index in [0.29, 0.717) is 17.8 Å². The summed E-state index contributed by atoms with van der Waals surface area (Å²) in [5, 5.41) is 9.34. The summed E-state index contributed by atoms with van der Waals surface area (Å²) in [4.78, 5) is 11.3. The molecule has 0 saturated heterocycles. The molecule has 0 aromatic heterocycles. The van der Waals surface area contributed by atoms with Gasteiger partial charge < -0.3 is 5.11 Å². The molecular formula is C19H30F2O2Si. The predicted molar refractivity (Wildman–Crippen MR) is 97.6 cm³/mol. The van der Waals surface area contributed by atoms with Crippen molar-refractivity contribution in [2.24, 2.45) is 17.8 Å². The maximum absolute atomic E-state index is 15.0. The van der Waals surface area contributed by atoms with Crippen LogP contribution in [0.2, 0.25) is 18.1 Å². The quantitative estimate of drug-likeness (QED) is 0.643. The van der Waals surface area contributed by atoms with Gasteiger partial charge in [0.2, 0.25) is 0 Å². The Morgan fingerprint density at radius 2 is 1.38 bits per heavy atom. The van der Waals surface area contributed by atoms with Crippen molar-refractivity contribution in [1.29, 1.82) is 0 Å². The average Bonchev–Trinajstić information content (AvgIpc) is 2.34. The van der Waals surface area contributed by atoms with Gasteiger partial charge in [0.25, 0.3) is 0 Å². The highest BCUT2D eigenvalue weighted by Gasteiger charge is 2.42.